The van der Waals surface area contributed by atoms with E-state index < -0.39 is 8.07 Å². The van der Waals surface area contributed by atoms with E-state index in [0.717, 1.165) is 16.9 Å². The monoisotopic (exact) mass is 907 g/mol. The van der Waals surface area contributed by atoms with Crippen LogP contribution in [0.2, 0.25) is 0 Å². The minimum Gasteiger partial charge on any atom is -0.309 e. The highest BCUT2D eigenvalue weighted by atomic mass is 28.3. The van der Waals surface area contributed by atoms with Gasteiger partial charge in [-0.1, -0.05) is 218 Å². The maximum absolute atomic E-state index is 3.32. The number of para-hydroxylation sites is 4. The zero-order chi connectivity index (χ0) is 46.2. The maximum atomic E-state index is 2.64. The van der Waals surface area contributed by atoms with Gasteiger partial charge < -0.3 is 13.7 Å². The van der Waals surface area contributed by atoms with E-state index in [2.05, 4.69) is 287 Å². The Labute approximate surface area is 407 Å². The average Bonchev–Trinajstić information content (AvgIpc) is 4.08. The van der Waals surface area contributed by atoms with Crippen LogP contribution in [0.25, 0.3) is 93.6 Å². The highest BCUT2D eigenvalue weighted by molar-refractivity contribution is 7.21. The van der Waals surface area contributed by atoms with Crippen LogP contribution in [0.3, 0.4) is 0 Å². The molecule has 0 atom stereocenters. The number of hydrogen-bond acceptors (Lipinski definition) is 0. The number of aromatic nitrogens is 3. The van der Waals surface area contributed by atoms with Gasteiger partial charge in [-0.05, 0) is 81.3 Å². The van der Waals surface area contributed by atoms with Crippen LogP contribution in [0.15, 0.2) is 273 Å². The highest BCUT2D eigenvalue weighted by Gasteiger charge is 2.46. The Hall–Kier alpha value is -8.96. The van der Waals surface area contributed by atoms with Crippen molar-refractivity contribution in [2.75, 3.05) is 0 Å². The molecule has 0 aliphatic heterocycles. The van der Waals surface area contributed by atoms with E-state index in [-0.39, 0.29) is 0 Å². The van der Waals surface area contributed by atoms with Crippen molar-refractivity contribution >= 4 is 94.2 Å². The Morgan fingerprint density at radius 3 is 1.20 bits per heavy atom. The number of rotatable bonds is 8. The fourth-order valence-corrected chi connectivity index (χ4v) is 17.1. The first kappa shape index (κ1) is 40.1. The van der Waals surface area contributed by atoms with Crippen LogP contribution >= 0.6 is 0 Å². The minimum atomic E-state index is -3.32. The van der Waals surface area contributed by atoms with Crippen molar-refractivity contribution in [1.82, 2.24) is 13.7 Å². The van der Waals surface area contributed by atoms with Crippen LogP contribution in [-0.2, 0) is 0 Å². The predicted molar refractivity (Wildman–Crippen MR) is 299 cm³/mol. The molecular formula is C66H45N3Si. The number of benzene rings is 11. The Kier molecular flexibility index (Phi) is 9.23. The third kappa shape index (κ3) is 5.87. The molecule has 70 heavy (non-hydrogen) atoms. The third-order valence-electron chi connectivity index (χ3n) is 14.8. The standard InChI is InChI=1S/C66H45N3Si/c1-5-22-46(23-6-1)47-40-42-48(43-41-47)67-60-37-20-16-33-56(60)64-61(67)38-21-39-62(64)69-59-36-19-15-32-54(59)55-44-45-63(68-57-34-17-13-30-52(57)53-31-14-18-35-58(53)68)66(65(55)69)70(49-24-7-2-8-25-49,50-26-9-3-10-27-50)51-28-11-4-12-29-51/h1-45H. The van der Waals surface area contributed by atoms with E-state index in [1.165, 1.54) is 97.5 Å². The molecule has 11 aromatic carbocycles. The summed E-state index contributed by atoms with van der Waals surface area (Å²) in [5.41, 5.74) is 13.0. The van der Waals surface area contributed by atoms with Crippen LogP contribution in [0.1, 0.15) is 0 Å². The first-order valence-electron chi connectivity index (χ1n) is 24.2. The van der Waals surface area contributed by atoms with Crippen molar-refractivity contribution in [3.63, 3.8) is 0 Å². The first-order chi connectivity index (χ1) is 34.8. The normalized spacial score (nSPS) is 12.0. The molecule has 0 saturated heterocycles. The summed E-state index contributed by atoms with van der Waals surface area (Å²) in [6.07, 6.45) is 0. The molecule has 4 heteroatoms. The van der Waals surface area contributed by atoms with Crippen LogP contribution in [0, 0.1) is 0 Å². The van der Waals surface area contributed by atoms with Crippen molar-refractivity contribution in [3.8, 4) is 28.2 Å². The SMILES string of the molecule is c1ccc(-c2ccc(-n3c4ccccc4c4c(-n5c6ccccc6c6ccc(-n7c8ccccc8c8ccccc87)c([Si](c7ccccc7)(c7ccccc7)c7ccccc7)c65)cccc43)cc2)cc1. The molecule has 0 aliphatic carbocycles. The minimum absolute atomic E-state index is 1.13. The molecule has 3 nitrogen and oxygen atoms in total. The molecule has 0 spiro atoms. The Morgan fingerprint density at radius 1 is 0.243 bits per heavy atom. The van der Waals surface area contributed by atoms with E-state index >= 15 is 0 Å². The van der Waals surface area contributed by atoms with Crippen LogP contribution in [-0.4, -0.2) is 21.8 Å². The Morgan fingerprint density at radius 2 is 0.657 bits per heavy atom. The van der Waals surface area contributed by atoms with Crippen molar-refractivity contribution in [2.24, 2.45) is 0 Å². The molecule has 0 saturated carbocycles. The topological polar surface area (TPSA) is 14.8 Å². The second-order valence-corrected chi connectivity index (χ2v) is 22.1. The second-order valence-electron chi connectivity index (χ2n) is 18.4. The van der Waals surface area contributed by atoms with Crippen LogP contribution in [0.4, 0.5) is 0 Å². The van der Waals surface area contributed by atoms with Crippen LogP contribution in [0.5, 0.6) is 0 Å². The molecular weight excluding hydrogens is 863 g/mol. The van der Waals surface area contributed by atoms with Crippen molar-refractivity contribution in [1.29, 1.82) is 0 Å². The molecule has 0 aliphatic rings. The summed E-state index contributed by atoms with van der Waals surface area (Å²) in [6, 6.07) is 102. The van der Waals surface area contributed by atoms with Crippen molar-refractivity contribution in [2.45, 2.75) is 0 Å². The first-order valence-corrected chi connectivity index (χ1v) is 26.2. The van der Waals surface area contributed by atoms with Gasteiger partial charge in [0.2, 0.25) is 0 Å². The maximum Gasteiger partial charge on any atom is 0.184 e. The van der Waals surface area contributed by atoms with Gasteiger partial charge >= 0.3 is 0 Å². The zero-order valence-electron chi connectivity index (χ0n) is 38.3. The van der Waals surface area contributed by atoms with Gasteiger partial charge in [-0.2, -0.15) is 0 Å². The summed E-state index contributed by atoms with van der Waals surface area (Å²) in [6.45, 7) is 0. The Balaban J connectivity index is 1.19. The van der Waals surface area contributed by atoms with Gasteiger partial charge in [0.1, 0.15) is 0 Å². The molecule has 0 fully saturated rings. The molecule has 0 bridgehead atoms. The van der Waals surface area contributed by atoms with E-state index in [4.69, 9.17) is 0 Å². The highest BCUT2D eigenvalue weighted by Crippen LogP contribution is 2.42. The molecule has 328 valence electrons. The Bertz CT molecular complexity index is 4110. The van der Waals surface area contributed by atoms with E-state index in [1.54, 1.807) is 0 Å². The molecule has 0 radical (unpaired) electrons. The average molecular weight is 908 g/mol. The van der Waals surface area contributed by atoms with Crippen molar-refractivity contribution in [3.05, 3.63) is 273 Å². The fraction of sp³-hybridized carbons (Fsp3) is 0. The molecule has 0 unspecified atom stereocenters. The number of nitrogens with zero attached hydrogens (tertiary/aromatic N) is 3. The lowest BCUT2D eigenvalue weighted by Gasteiger charge is -2.37. The molecule has 14 aromatic rings. The third-order valence-corrected chi connectivity index (χ3v) is 19.6. The second kappa shape index (κ2) is 16.1. The fourth-order valence-electron chi connectivity index (χ4n) is 11.9. The quantitative estimate of drug-likeness (QED) is 0.107. The van der Waals surface area contributed by atoms with E-state index in [0.29, 0.717) is 0 Å². The lowest BCUT2D eigenvalue weighted by atomic mass is 10.1. The van der Waals surface area contributed by atoms with Gasteiger partial charge in [-0.25, -0.2) is 0 Å². The van der Waals surface area contributed by atoms with E-state index in [1.807, 2.05) is 0 Å². The van der Waals surface area contributed by atoms with Crippen LogP contribution < -0.4 is 20.7 Å². The van der Waals surface area contributed by atoms with E-state index in [9.17, 15) is 0 Å². The number of fused-ring (bicyclic) bond motifs is 9. The number of hydrogen-bond donors (Lipinski definition) is 0. The summed E-state index contributed by atoms with van der Waals surface area (Å²) >= 11 is 0. The van der Waals surface area contributed by atoms with Gasteiger partial charge in [0.05, 0.1) is 38.8 Å². The zero-order valence-corrected chi connectivity index (χ0v) is 39.3. The summed E-state index contributed by atoms with van der Waals surface area (Å²) in [4.78, 5) is 0. The summed E-state index contributed by atoms with van der Waals surface area (Å²) < 4.78 is 7.67. The van der Waals surface area contributed by atoms with Crippen molar-refractivity contribution < 1.29 is 0 Å². The lowest BCUT2D eigenvalue weighted by Crippen LogP contribution is -2.75. The lowest BCUT2D eigenvalue weighted by molar-refractivity contribution is 1.16. The van der Waals surface area contributed by atoms with Gasteiger partial charge in [0.25, 0.3) is 0 Å². The van der Waals surface area contributed by atoms with Gasteiger partial charge in [0, 0.05) is 48.9 Å². The smallest absolute Gasteiger partial charge is 0.184 e. The predicted octanol–water partition coefficient (Wildman–Crippen LogP) is 14.0. The van der Waals surface area contributed by atoms with Gasteiger partial charge in [-0.15, -0.1) is 0 Å². The molecule has 0 amide bonds. The molecule has 14 rings (SSSR count). The summed E-state index contributed by atoms with van der Waals surface area (Å²) in [7, 11) is -3.32. The van der Waals surface area contributed by atoms with Gasteiger partial charge in [0.15, 0.2) is 8.07 Å². The summed E-state index contributed by atoms with van der Waals surface area (Å²) in [5, 5.41) is 12.7. The van der Waals surface area contributed by atoms with Gasteiger partial charge in [-0.3, -0.25) is 0 Å². The largest absolute Gasteiger partial charge is 0.309 e. The molecule has 3 aromatic heterocycles. The molecule has 0 N–H and O–H groups in total. The molecule has 3 heterocycles. The summed E-state index contributed by atoms with van der Waals surface area (Å²) in [5.74, 6) is 0.